The molecule has 1 fully saturated rings. The highest BCUT2D eigenvalue weighted by molar-refractivity contribution is 7.92. The molecule has 0 saturated carbocycles. The van der Waals surface area contributed by atoms with Gasteiger partial charge in [0.25, 0.3) is 10.0 Å². The lowest BCUT2D eigenvalue weighted by molar-refractivity contribution is -0.143. The number of alkyl halides is 6. The van der Waals surface area contributed by atoms with E-state index in [2.05, 4.69) is 11.8 Å². The zero-order chi connectivity index (χ0) is 23.7. The van der Waals surface area contributed by atoms with E-state index in [4.69, 9.17) is 0 Å². The van der Waals surface area contributed by atoms with E-state index in [1.54, 1.807) is 12.1 Å². The number of benzene rings is 2. The van der Waals surface area contributed by atoms with Crippen LogP contribution in [0.4, 0.5) is 32.0 Å². The van der Waals surface area contributed by atoms with Gasteiger partial charge in [0, 0.05) is 12.2 Å². The molecule has 0 amide bonds. The number of likely N-dealkylation sites (tertiary alicyclic amines) is 1. The zero-order valence-corrected chi connectivity index (χ0v) is 19.1. The van der Waals surface area contributed by atoms with Crippen LogP contribution < -0.4 is 4.72 Å². The molecule has 33 heavy (non-hydrogen) atoms. The van der Waals surface area contributed by atoms with Gasteiger partial charge in [0.1, 0.15) is 4.90 Å². The third kappa shape index (κ3) is 6.54. The summed E-state index contributed by atoms with van der Waals surface area (Å²) in [7, 11) is -4.94. The minimum Gasteiger partial charge on any atom is -0.303 e. The maximum Gasteiger partial charge on any atom is 0.417 e. The van der Waals surface area contributed by atoms with Gasteiger partial charge in [-0.1, -0.05) is 19.1 Å². The van der Waals surface area contributed by atoms with Crippen molar-refractivity contribution in [2.45, 2.75) is 42.9 Å². The van der Waals surface area contributed by atoms with Gasteiger partial charge in [-0.25, -0.2) is 8.42 Å². The lowest BCUT2D eigenvalue weighted by atomic mass is 9.98. The van der Waals surface area contributed by atoms with Crippen molar-refractivity contribution in [1.82, 2.24) is 4.90 Å². The third-order valence-electron chi connectivity index (χ3n) is 5.35. The average Bonchev–Trinajstić information content (AvgIpc) is 3.15. The van der Waals surface area contributed by atoms with E-state index in [0.717, 1.165) is 38.0 Å². The highest BCUT2D eigenvalue weighted by Crippen LogP contribution is 2.39. The Balaban J connectivity index is 0.00000385. The Labute approximate surface area is 194 Å². The highest BCUT2D eigenvalue weighted by Gasteiger charge is 2.40. The monoisotopic (exact) mass is 516 g/mol. The number of rotatable bonds is 6. The van der Waals surface area contributed by atoms with Gasteiger partial charge in [0.05, 0.1) is 11.1 Å². The van der Waals surface area contributed by atoms with Crippen molar-refractivity contribution in [2.24, 2.45) is 0 Å². The summed E-state index contributed by atoms with van der Waals surface area (Å²) in [6.45, 7) is 4.87. The molecule has 0 aromatic heterocycles. The molecule has 2 aromatic carbocycles. The molecular formula is C21H23ClF6N2O2S. The fourth-order valence-corrected chi connectivity index (χ4v) is 5.12. The number of halogens is 7. The Morgan fingerprint density at radius 2 is 1.64 bits per heavy atom. The minimum absolute atomic E-state index is 0. The van der Waals surface area contributed by atoms with E-state index in [0.29, 0.717) is 0 Å². The van der Waals surface area contributed by atoms with Crippen LogP contribution >= 0.6 is 12.4 Å². The van der Waals surface area contributed by atoms with Crippen LogP contribution in [-0.2, 0) is 22.4 Å². The summed E-state index contributed by atoms with van der Waals surface area (Å²) in [5.41, 5.74) is -2.24. The van der Waals surface area contributed by atoms with Gasteiger partial charge in [-0.3, -0.25) is 4.72 Å². The Morgan fingerprint density at radius 1 is 1.00 bits per heavy atom. The summed E-state index contributed by atoms with van der Waals surface area (Å²) in [6.07, 6.45) is -8.18. The van der Waals surface area contributed by atoms with Crippen LogP contribution in [0.15, 0.2) is 47.4 Å². The van der Waals surface area contributed by atoms with Gasteiger partial charge in [-0.2, -0.15) is 26.3 Å². The molecule has 1 N–H and O–H groups in total. The van der Waals surface area contributed by atoms with Crippen LogP contribution in [0.5, 0.6) is 0 Å². The van der Waals surface area contributed by atoms with Crippen molar-refractivity contribution in [3.63, 3.8) is 0 Å². The number of anilines is 1. The summed E-state index contributed by atoms with van der Waals surface area (Å²) in [4.78, 5) is 0.836. The molecule has 1 heterocycles. The third-order valence-corrected chi connectivity index (χ3v) is 6.77. The zero-order valence-electron chi connectivity index (χ0n) is 17.5. The Bertz CT molecular complexity index is 1060. The fraction of sp³-hybridized carbons (Fsp3) is 0.429. The molecule has 1 saturated heterocycles. The first-order chi connectivity index (χ1) is 14.8. The van der Waals surface area contributed by atoms with Crippen molar-refractivity contribution < 1.29 is 34.8 Å². The van der Waals surface area contributed by atoms with E-state index in [1.165, 1.54) is 12.1 Å². The van der Waals surface area contributed by atoms with E-state index >= 15 is 0 Å². The van der Waals surface area contributed by atoms with Gasteiger partial charge in [-0.05, 0) is 67.7 Å². The largest absolute Gasteiger partial charge is 0.417 e. The molecule has 1 aliphatic rings. The topological polar surface area (TPSA) is 49.4 Å². The van der Waals surface area contributed by atoms with Crippen LogP contribution in [0.25, 0.3) is 0 Å². The van der Waals surface area contributed by atoms with Crippen molar-refractivity contribution >= 4 is 28.1 Å². The van der Waals surface area contributed by atoms with Crippen LogP contribution in [0.2, 0.25) is 0 Å². The second-order valence-electron chi connectivity index (χ2n) is 7.72. The second kappa shape index (κ2) is 10.1. The maximum atomic E-state index is 13.3. The number of hydrogen-bond acceptors (Lipinski definition) is 3. The van der Waals surface area contributed by atoms with Gasteiger partial charge in [-0.15, -0.1) is 12.4 Å². The lowest BCUT2D eigenvalue weighted by Gasteiger charge is -2.17. The van der Waals surface area contributed by atoms with Crippen molar-refractivity contribution in [3.05, 3.63) is 59.2 Å². The van der Waals surface area contributed by atoms with E-state index < -0.39 is 38.4 Å². The van der Waals surface area contributed by atoms with Crippen LogP contribution in [0, 0.1) is 0 Å². The Morgan fingerprint density at radius 3 is 2.18 bits per heavy atom. The highest BCUT2D eigenvalue weighted by atomic mass is 35.5. The van der Waals surface area contributed by atoms with Crippen LogP contribution in [0.3, 0.4) is 0 Å². The number of nitrogens with one attached hydrogen (secondary N) is 1. The molecular weight excluding hydrogens is 494 g/mol. The first-order valence-electron chi connectivity index (χ1n) is 9.95. The predicted molar refractivity (Wildman–Crippen MR) is 115 cm³/mol. The molecule has 0 aliphatic carbocycles. The van der Waals surface area contributed by atoms with Crippen molar-refractivity contribution in [2.75, 3.05) is 24.4 Å². The first-order valence-corrected chi connectivity index (χ1v) is 11.4. The second-order valence-corrected chi connectivity index (χ2v) is 9.37. The van der Waals surface area contributed by atoms with Crippen LogP contribution in [0.1, 0.15) is 42.4 Å². The van der Waals surface area contributed by atoms with E-state index in [1.807, 2.05) is 4.72 Å². The van der Waals surface area contributed by atoms with Crippen LogP contribution in [-0.4, -0.2) is 33.0 Å². The maximum absolute atomic E-state index is 13.3. The normalized spacial score (nSPS) is 17.6. The van der Waals surface area contributed by atoms with Gasteiger partial charge < -0.3 is 4.90 Å². The summed E-state index contributed by atoms with van der Waals surface area (Å²) in [5, 5.41) is 0. The quantitative estimate of drug-likeness (QED) is 0.469. The van der Waals surface area contributed by atoms with Gasteiger partial charge in [0.2, 0.25) is 0 Å². The standard InChI is InChI=1S/C21H22F6N2O2S.ClH/c1-2-10-29-11-9-15(13-29)14-3-6-17(7-4-14)28-32(30,31)19-12-16(20(22,23)24)5-8-18(19)21(25,26)27;/h3-8,12,15,28H,2,9-11,13H2,1H3;1H/t15-;/m1./s1. The van der Waals surface area contributed by atoms with Crippen molar-refractivity contribution in [3.8, 4) is 0 Å². The van der Waals surface area contributed by atoms with E-state index in [-0.39, 0.29) is 42.2 Å². The molecule has 2 aromatic rings. The first kappa shape index (κ1) is 27.3. The molecule has 4 nitrogen and oxygen atoms in total. The molecule has 1 atom stereocenters. The fourth-order valence-electron chi connectivity index (χ4n) is 3.81. The Hall–Kier alpha value is -1.98. The number of nitrogens with zero attached hydrogens (tertiary/aromatic N) is 1. The molecule has 0 unspecified atom stereocenters. The molecule has 1 aliphatic heterocycles. The summed E-state index contributed by atoms with van der Waals surface area (Å²) < 4.78 is 106. The Kier molecular flexibility index (Phi) is 8.35. The lowest BCUT2D eigenvalue weighted by Crippen LogP contribution is -2.21. The molecule has 12 heteroatoms. The molecule has 3 rings (SSSR count). The summed E-state index contributed by atoms with van der Waals surface area (Å²) in [5.74, 6) is 0.257. The molecule has 0 radical (unpaired) electrons. The summed E-state index contributed by atoms with van der Waals surface area (Å²) in [6, 6.07) is 6.49. The average molecular weight is 517 g/mol. The molecule has 0 bridgehead atoms. The number of hydrogen-bond donors (Lipinski definition) is 1. The SMILES string of the molecule is CCCN1CC[C@@H](c2ccc(NS(=O)(=O)c3cc(C(F)(F)F)ccc3C(F)(F)F)cc2)C1.Cl. The number of sulfonamides is 1. The smallest absolute Gasteiger partial charge is 0.303 e. The summed E-state index contributed by atoms with van der Waals surface area (Å²) >= 11 is 0. The minimum atomic E-state index is -5.15. The van der Waals surface area contributed by atoms with Crippen molar-refractivity contribution in [1.29, 1.82) is 0 Å². The van der Waals surface area contributed by atoms with Gasteiger partial charge >= 0.3 is 12.4 Å². The van der Waals surface area contributed by atoms with Gasteiger partial charge in [0.15, 0.2) is 0 Å². The molecule has 0 spiro atoms. The predicted octanol–water partition coefficient (Wildman–Crippen LogP) is 6.15. The van der Waals surface area contributed by atoms with E-state index in [9.17, 15) is 34.8 Å². The molecule has 184 valence electrons.